The van der Waals surface area contributed by atoms with Crippen LogP contribution in [-0.2, 0) is 10.0 Å². The number of carbonyl (C=O) groups excluding carboxylic acids is 1. The molecule has 3 fully saturated rings. The van der Waals surface area contributed by atoms with Gasteiger partial charge in [0, 0.05) is 44.8 Å². The minimum Gasteiger partial charge on any atom is -0.336 e. The van der Waals surface area contributed by atoms with Crippen LogP contribution in [0.4, 0.5) is 0 Å². The van der Waals surface area contributed by atoms with Crippen molar-refractivity contribution in [1.82, 2.24) is 14.1 Å². The number of hydrogen-bond donors (Lipinski definition) is 0. The van der Waals surface area contributed by atoms with Gasteiger partial charge in [-0.05, 0) is 43.9 Å². The van der Waals surface area contributed by atoms with Crippen LogP contribution in [0.25, 0.3) is 0 Å². The van der Waals surface area contributed by atoms with E-state index in [-0.39, 0.29) is 15.8 Å². The van der Waals surface area contributed by atoms with Gasteiger partial charge in [-0.15, -0.1) is 0 Å². The maximum absolute atomic E-state index is 13.3. The topological polar surface area (TPSA) is 84.7 Å². The molecule has 180 valence electrons. The Morgan fingerprint density at radius 3 is 2.12 bits per heavy atom. The number of rotatable bonds is 4. The van der Waals surface area contributed by atoms with Crippen LogP contribution in [0.15, 0.2) is 23.1 Å². The van der Waals surface area contributed by atoms with Crippen molar-refractivity contribution in [3.63, 3.8) is 0 Å². The summed E-state index contributed by atoms with van der Waals surface area (Å²) in [6, 6.07) is 7.13. The van der Waals surface area contributed by atoms with Gasteiger partial charge in [0.25, 0.3) is 5.91 Å². The van der Waals surface area contributed by atoms with Gasteiger partial charge >= 0.3 is 0 Å². The summed E-state index contributed by atoms with van der Waals surface area (Å²) in [5.41, 5.74) is -0.0591. The molecule has 1 aromatic rings. The van der Waals surface area contributed by atoms with Gasteiger partial charge in [-0.1, -0.05) is 43.7 Å². The van der Waals surface area contributed by atoms with Crippen molar-refractivity contribution >= 4 is 27.5 Å². The molecule has 0 spiro atoms. The van der Waals surface area contributed by atoms with Crippen LogP contribution < -0.4 is 0 Å². The third-order valence-corrected chi connectivity index (χ3v) is 9.80. The van der Waals surface area contributed by atoms with Gasteiger partial charge in [0.15, 0.2) is 0 Å². The summed E-state index contributed by atoms with van der Waals surface area (Å²) < 4.78 is 28.1. The largest absolute Gasteiger partial charge is 0.336 e. The molecule has 7 nitrogen and oxygen atoms in total. The summed E-state index contributed by atoms with van der Waals surface area (Å²) in [4.78, 5) is 17.3. The van der Waals surface area contributed by atoms with Crippen LogP contribution in [-0.4, -0.2) is 73.2 Å². The molecule has 9 heteroatoms. The third-order valence-electron chi connectivity index (χ3n) is 7.42. The van der Waals surface area contributed by atoms with E-state index in [4.69, 9.17) is 11.6 Å². The fourth-order valence-corrected chi connectivity index (χ4v) is 7.43. The number of nitriles is 1. The summed E-state index contributed by atoms with van der Waals surface area (Å²) in [6.07, 6.45) is 8.85. The minimum absolute atomic E-state index is 0.0150. The number of carbonyl (C=O) groups is 1. The van der Waals surface area contributed by atoms with Crippen molar-refractivity contribution < 1.29 is 13.2 Å². The molecule has 2 saturated heterocycles. The molecule has 33 heavy (non-hydrogen) atoms. The first-order valence-electron chi connectivity index (χ1n) is 12.1. The Kier molecular flexibility index (Phi) is 7.64. The summed E-state index contributed by atoms with van der Waals surface area (Å²) in [7, 11) is -3.75. The zero-order chi connectivity index (χ0) is 23.5. The monoisotopic (exact) mass is 492 g/mol. The number of piperazine rings is 1. The van der Waals surface area contributed by atoms with E-state index in [2.05, 4.69) is 11.0 Å². The fraction of sp³-hybridized carbons (Fsp3) is 0.667. The Morgan fingerprint density at radius 2 is 1.52 bits per heavy atom. The lowest BCUT2D eigenvalue weighted by molar-refractivity contribution is 0.0343. The standard InChI is InChI=1S/C24H33ClN4O3S/c25-21-9-8-20(18-22(21)33(31,32)29-12-6-1-2-7-13-29)23(30)27-14-16-28(17-15-27)24(19-26)10-4-3-5-11-24/h8-9,18H,1-7,10-17H2. The van der Waals surface area contributed by atoms with Crippen LogP contribution in [0.5, 0.6) is 0 Å². The predicted molar refractivity (Wildman–Crippen MR) is 128 cm³/mol. The Hall–Kier alpha value is -1.66. The number of benzene rings is 1. The highest BCUT2D eigenvalue weighted by atomic mass is 35.5. The molecule has 2 heterocycles. The zero-order valence-electron chi connectivity index (χ0n) is 19.1. The Bertz CT molecular complexity index is 1000. The van der Waals surface area contributed by atoms with Crippen molar-refractivity contribution in [2.75, 3.05) is 39.3 Å². The summed E-state index contributed by atoms with van der Waals surface area (Å²) >= 11 is 6.30. The van der Waals surface area contributed by atoms with Crippen LogP contribution in [0.1, 0.15) is 68.1 Å². The molecule has 2 aliphatic heterocycles. The van der Waals surface area contributed by atoms with E-state index in [1.54, 1.807) is 11.0 Å². The summed E-state index contributed by atoms with van der Waals surface area (Å²) in [5.74, 6) is -0.187. The number of hydrogen-bond acceptors (Lipinski definition) is 5. The normalized spacial score (nSPS) is 23.0. The zero-order valence-corrected chi connectivity index (χ0v) is 20.7. The number of nitrogens with zero attached hydrogens (tertiary/aromatic N) is 4. The molecule has 4 rings (SSSR count). The van der Waals surface area contributed by atoms with Gasteiger partial charge < -0.3 is 4.90 Å². The van der Waals surface area contributed by atoms with Gasteiger partial charge in [0.1, 0.15) is 10.4 Å². The molecule has 1 aromatic carbocycles. The molecule has 0 aromatic heterocycles. The van der Waals surface area contributed by atoms with Crippen molar-refractivity contribution in [1.29, 1.82) is 5.26 Å². The average molecular weight is 493 g/mol. The van der Waals surface area contributed by atoms with E-state index in [0.29, 0.717) is 44.8 Å². The molecule has 0 N–H and O–H groups in total. The molecular weight excluding hydrogens is 460 g/mol. The second-order valence-corrected chi connectivity index (χ2v) is 11.8. The molecule has 0 unspecified atom stereocenters. The van der Waals surface area contributed by atoms with E-state index in [1.165, 1.54) is 22.9 Å². The number of sulfonamides is 1. The Balaban J connectivity index is 1.48. The summed E-state index contributed by atoms with van der Waals surface area (Å²) in [6.45, 7) is 3.34. The first-order valence-corrected chi connectivity index (χ1v) is 13.9. The SMILES string of the molecule is N#CC1(N2CCN(C(=O)c3ccc(Cl)c(S(=O)(=O)N4CCCCCC4)c3)CC2)CCCCC1. The van der Waals surface area contributed by atoms with Gasteiger partial charge in [-0.3, -0.25) is 9.69 Å². The lowest BCUT2D eigenvalue weighted by atomic mass is 9.81. The van der Waals surface area contributed by atoms with Gasteiger partial charge in [-0.2, -0.15) is 9.57 Å². The van der Waals surface area contributed by atoms with Crippen LogP contribution >= 0.6 is 11.6 Å². The molecule has 0 radical (unpaired) electrons. The predicted octanol–water partition coefficient (Wildman–Crippen LogP) is 3.89. The van der Waals surface area contributed by atoms with Gasteiger partial charge in [0.05, 0.1) is 11.1 Å². The molecule has 1 amide bonds. The van der Waals surface area contributed by atoms with Crippen molar-refractivity contribution in [2.45, 2.75) is 68.2 Å². The van der Waals surface area contributed by atoms with Gasteiger partial charge in [-0.25, -0.2) is 8.42 Å². The molecule has 1 saturated carbocycles. The molecule has 0 bridgehead atoms. The Morgan fingerprint density at radius 1 is 0.909 bits per heavy atom. The highest BCUT2D eigenvalue weighted by Gasteiger charge is 2.40. The molecule has 0 atom stereocenters. The maximum atomic E-state index is 13.3. The van der Waals surface area contributed by atoms with E-state index >= 15 is 0 Å². The summed E-state index contributed by atoms with van der Waals surface area (Å²) in [5, 5.41) is 10.0. The molecular formula is C24H33ClN4O3S. The van der Waals surface area contributed by atoms with Crippen molar-refractivity contribution in [3.8, 4) is 6.07 Å². The van der Waals surface area contributed by atoms with E-state index in [9.17, 15) is 18.5 Å². The molecule has 3 aliphatic rings. The van der Waals surface area contributed by atoms with E-state index in [0.717, 1.165) is 51.4 Å². The smallest absolute Gasteiger partial charge is 0.253 e. The Labute approximate surface area is 202 Å². The number of halogens is 1. The second-order valence-electron chi connectivity index (χ2n) is 9.45. The quantitative estimate of drug-likeness (QED) is 0.636. The first kappa shape index (κ1) is 24.5. The average Bonchev–Trinajstić information content (AvgIpc) is 3.15. The van der Waals surface area contributed by atoms with Crippen LogP contribution in [0.3, 0.4) is 0 Å². The second kappa shape index (κ2) is 10.3. The van der Waals surface area contributed by atoms with E-state index in [1.807, 2.05) is 0 Å². The minimum atomic E-state index is -3.75. The maximum Gasteiger partial charge on any atom is 0.253 e. The first-order chi connectivity index (χ1) is 15.9. The van der Waals surface area contributed by atoms with E-state index < -0.39 is 15.6 Å². The lowest BCUT2D eigenvalue weighted by Gasteiger charge is -2.45. The highest BCUT2D eigenvalue weighted by molar-refractivity contribution is 7.89. The molecule has 1 aliphatic carbocycles. The fourth-order valence-electron chi connectivity index (χ4n) is 5.41. The van der Waals surface area contributed by atoms with Crippen LogP contribution in [0, 0.1) is 11.3 Å². The lowest BCUT2D eigenvalue weighted by Crippen LogP contribution is -2.58. The van der Waals surface area contributed by atoms with Crippen LogP contribution in [0.2, 0.25) is 5.02 Å². The number of amides is 1. The highest BCUT2D eigenvalue weighted by Crippen LogP contribution is 2.34. The van der Waals surface area contributed by atoms with Gasteiger partial charge in [0.2, 0.25) is 10.0 Å². The van der Waals surface area contributed by atoms with Crippen molar-refractivity contribution in [3.05, 3.63) is 28.8 Å². The third kappa shape index (κ3) is 5.07. The van der Waals surface area contributed by atoms with Crippen molar-refractivity contribution in [2.24, 2.45) is 0 Å².